The third-order valence-corrected chi connectivity index (χ3v) is 4.81. The minimum absolute atomic E-state index is 0.253. The number of hydrogen-bond donors (Lipinski definition) is 1. The number of hydrogen-bond acceptors (Lipinski definition) is 4. The standard InChI is InChI=1S/C14H15BrN6/c1-20-10-4-2-3-8(9(10)7-18-20)14-19-12(15)11-13(16)17-5-6-21(11)14/h5-8H,2-4H2,1H3,(H2,16,17). The average Bonchev–Trinajstić information content (AvgIpc) is 3.02. The molecule has 0 amide bonds. The molecule has 0 fully saturated rings. The molecule has 6 nitrogen and oxygen atoms in total. The van der Waals surface area contributed by atoms with Crippen LogP contribution in [0, 0.1) is 0 Å². The number of nitrogens with zero attached hydrogens (tertiary/aromatic N) is 5. The van der Waals surface area contributed by atoms with E-state index in [1.165, 1.54) is 11.3 Å². The summed E-state index contributed by atoms with van der Waals surface area (Å²) in [7, 11) is 2.00. The Morgan fingerprint density at radius 1 is 1.43 bits per heavy atom. The number of nitrogens with two attached hydrogens (primary N) is 1. The summed E-state index contributed by atoms with van der Waals surface area (Å²) in [5.41, 5.74) is 9.40. The Kier molecular flexibility index (Phi) is 2.78. The van der Waals surface area contributed by atoms with Crippen molar-refractivity contribution in [3.05, 3.63) is 40.3 Å². The van der Waals surface area contributed by atoms with E-state index in [1.807, 2.05) is 28.5 Å². The van der Waals surface area contributed by atoms with Gasteiger partial charge >= 0.3 is 0 Å². The molecule has 0 aliphatic heterocycles. The van der Waals surface area contributed by atoms with Crippen molar-refractivity contribution in [3.8, 4) is 0 Å². The Morgan fingerprint density at radius 2 is 2.29 bits per heavy atom. The van der Waals surface area contributed by atoms with Gasteiger partial charge in [-0.05, 0) is 35.2 Å². The summed E-state index contributed by atoms with van der Waals surface area (Å²) in [6.45, 7) is 0. The van der Waals surface area contributed by atoms with Crippen LogP contribution >= 0.6 is 15.9 Å². The predicted molar refractivity (Wildman–Crippen MR) is 83.1 cm³/mol. The molecule has 1 aliphatic rings. The third-order valence-electron chi connectivity index (χ3n) is 4.26. The van der Waals surface area contributed by atoms with E-state index < -0.39 is 0 Å². The minimum Gasteiger partial charge on any atom is -0.382 e. The van der Waals surface area contributed by atoms with E-state index in [1.54, 1.807) is 6.20 Å². The maximum Gasteiger partial charge on any atom is 0.150 e. The van der Waals surface area contributed by atoms with Gasteiger partial charge in [-0.25, -0.2) is 9.97 Å². The van der Waals surface area contributed by atoms with Gasteiger partial charge in [0.25, 0.3) is 0 Å². The van der Waals surface area contributed by atoms with E-state index in [0.717, 1.165) is 35.2 Å². The van der Waals surface area contributed by atoms with Crippen molar-refractivity contribution in [2.75, 3.05) is 5.73 Å². The van der Waals surface area contributed by atoms with Gasteiger partial charge in [-0.2, -0.15) is 5.10 Å². The molecule has 0 aromatic carbocycles. The van der Waals surface area contributed by atoms with E-state index >= 15 is 0 Å². The fourth-order valence-corrected chi connectivity index (χ4v) is 3.84. The topological polar surface area (TPSA) is 74.0 Å². The summed E-state index contributed by atoms with van der Waals surface area (Å²) >= 11 is 3.51. The molecule has 108 valence electrons. The highest BCUT2D eigenvalue weighted by Gasteiger charge is 2.29. The quantitative estimate of drug-likeness (QED) is 0.733. The highest BCUT2D eigenvalue weighted by Crippen LogP contribution is 2.37. The molecule has 0 spiro atoms. The molecule has 1 unspecified atom stereocenters. The van der Waals surface area contributed by atoms with Crippen LogP contribution in [0.2, 0.25) is 0 Å². The van der Waals surface area contributed by atoms with Gasteiger partial charge in [0, 0.05) is 36.6 Å². The van der Waals surface area contributed by atoms with Gasteiger partial charge in [0.15, 0.2) is 5.82 Å². The lowest BCUT2D eigenvalue weighted by molar-refractivity contribution is 0.563. The van der Waals surface area contributed by atoms with Crippen molar-refractivity contribution in [2.24, 2.45) is 7.05 Å². The first-order chi connectivity index (χ1) is 10.2. The summed E-state index contributed by atoms with van der Waals surface area (Å²) in [6.07, 6.45) is 8.91. The second-order valence-corrected chi connectivity index (χ2v) is 6.16. The molecule has 0 bridgehead atoms. The lowest BCUT2D eigenvalue weighted by atomic mass is 9.86. The van der Waals surface area contributed by atoms with E-state index in [2.05, 4.69) is 26.0 Å². The molecule has 1 atom stereocenters. The summed E-state index contributed by atoms with van der Waals surface area (Å²) in [6, 6.07) is 0. The second-order valence-electron chi connectivity index (χ2n) is 5.41. The van der Waals surface area contributed by atoms with Gasteiger partial charge in [-0.1, -0.05) is 0 Å². The number of anilines is 1. The van der Waals surface area contributed by atoms with Crippen LogP contribution in [0.25, 0.3) is 5.52 Å². The Hall–Kier alpha value is -1.89. The molecule has 3 aromatic heterocycles. The molecule has 4 rings (SSSR count). The highest BCUT2D eigenvalue weighted by atomic mass is 79.9. The molecule has 3 heterocycles. The first-order valence-corrected chi connectivity index (χ1v) is 7.75. The lowest BCUT2D eigenvalue weighted by Crippen LogP contribution is -2.14. The SMILES string of the molecule is Cn1ncc2c1CCCC2c1nc(Br)c2c(N)nccn12. The van der Waals surface area contributed by atoms with Gasteiger partial charge in [-0.15, -0.1) is 0 Å². The largest absolute Gasteiger partial charge is 0.382 e. The Bertz CT molecular complexity index is 833. The number of aryl methyl sites for hydroxylation is 1. The molecular formula is C14H15BrN6. The Balaban J connectivity index is 1.94. The molecule has 0 saturated carbocycles. The molecule has 0 saturated heterocycles. The van der Waals surface area contributed by atoms with Crippen molar-refractivity contribution >= 4 is 27.3 Å². The summed E-state index contributed by atoms with van der Waals surface area (Å²) in [5.74, 6) is 1.74. The fourth-order valence-electron chi connectivity index (χ4n) is 3.26. The monoisotopic (exact) mass is 346 g/mol. The van der Waals surface area contributed by atoms with Crippen LogP contribution in [-0.2, 0) is 13.5 Å². The zero-order chi connectivity index (χ0) is 14.6. The van der Waals surface area contributed by atoms with Crippen molar-refractivity contribution < 1.29 is 0 Å². The first-order valence-electron chi connectivity index (χ1n) is 6.95. The van der Waals surface area contributed by atoms with Crippen molar-refractivity contribution in [2.45, 2.75) is 25.2 Å². The van der Waals surface area contributed by atoms with Gasteiger partial charge < -0.3 is 5.73 Å². The predicted octanol–water partition coefficient (Wildman–Crippen LogP) is 2.28. The number of imidazole rings is 1. The molecule has 0 radical (unpaired) electrons. The van der Waals surface area contributed by atoms with Crippen molar-refractivity contribution in [1.82, 2.24) is 24.1 Å². The molecular weight excluding hydrogens is 332 g/mol. The zero-order valence-corrected chi connectivity index (χ0v) is 13.2. The summed E-state index contributed by atoms with van der Waals surface area (Å²) < 4.78 is 4.76. The fraction of sp³-hybridized carbons (Fsp3) is 0.357. The molecule has 21 heavy (non-hydrogen) atoms. The van der Waals surface area contributed by atoms with Crippen LogP contribution in [0.15, 0.2) is 23.2 Å². The number of nitrogen functional groups attached to an aromatic ring is 1. The third kappa shape index (κ3) is 1.80. The van der Waals surface area contributed by atoms with Crippen LogP contribution in [-0.4, -0.2) is 24.1 Å². The Morgan fingerprint density at radius 3 is 3.14 bits per heavy atom. The summed E-state index contributed by atoms with van der Waals surface area (Å²) in [5, 5.41) is 4.41. The van der Waals surface area contributed by atoms with Crippen LogP contribution in [0.1, 0.15) is 35.8 Å². The van der Waals surface area contributed by atoms with Gasteiger partial charge in [0.2, 0.25) is 0 Å². The maximum absolute atomic E-state index is 5.98. The summed E-state index contributed by atoms with van der Waals surface area (Å²) in [4.78, 5) is 8.85. The van der Waals surface area contributed by atoms with Gasteiger partial charge in [-0.3, -0.25) is 9.08 Å². The minimum atomic E-state index is 0.253. The van der Waals surface area contributed by atoms with E-state index in [0.29, 0.717) is 5.82 Å². The molecule has 7 heteroatoms. The zero-order valence-electron chi connectivity index (χ0n) is 11.6. The molecule has 1 aliphatic carbocycles. The maximum atomic E-state index is 5.98. The van der Waals surface area contributed by atoms with Gasteiger partial charge in [0.05, 0.1) is 6.20 Å². The smallest absolute Gasteiger partial charge is 0.150 e. The Labute approximate surface area is 130 Å². The van der Waals surface area contributed by atoms with Crippen LogP contribution in [0.5, 0.6) is 0 Å². The van der Waals surface area contributed by atoms with E-state index in [-0.39, 0.29) is 5.92 Å². The molecule has 3 aromatic rings. The number of rotatable bonds is 1. The van der Waals surface area contributed by atoms with Gasteiger partial charge in [0.1, 0.15) is 15.9 Å². The first kappa shape index (κ1) is 12.8. The average molecular weight is 347 g/mol. The lowest BCUT2D eigenvalue weighted by Gasteiger charge is -2.21. The van der Waals surface area contributed by atoms with E-state index in [4.69, 9.17) is 10.7 Å². The van der Waals surface area contributed by atoms with Crippen molar-refractivity contribution in [1.29, 1.82) is 0 Å². The number of fused-ring (bicyclic) bond motifs is 2. The number of halogens is 1. The van der Waals surface area contributed by atoms with Crippen molar-refractivity contribution in [3.63, 3.8) is 0 Å². The second kappa shape index (κ2) is 4.56. The molecule has 2 N–H and O–H groups in total. The van der Waals surface area contributed by atoms with E-state index in [9.17, 15) is 0 Å². The normalized spacial score (nSPS) is 18.1. The van der Waals surface area contributed by atoms with Crippen LogP contribution < -0.4 is 5.73 Å². The number of aromatic nitrogens is 5. The highest BCUT2D eigenvalue weighted by molar-refractivity contribution is 9.10. The van der Waals surface area contributed by atoms with Crippen LogP contribution in [0.3, 0.4) is 0 Å². The van der Waals surface area contributed by atoms with Crippen LogP contribution in [0.4, 0.5) is 5.82 Å².